The van der Waals surface area contributed by atoms with Crippen LogP contribution in [-0.2, 0) is 24.0 Å². The number of primary amides is 1. The van der Waals surface area contributed by atoms with Crippen LogP contribution in [-0.4, -0.2) is 59.9 Å². The standard InChI is InChI=1S/C13H23N5O6/c1-6(2)11(13(23)24)18-12(22)7(3-8(15)19)17-10(21)5-16-9(20)4-14/h6-7,11H,3-5,14H2,1-2H3,(H2,15,19)(H,16,20)(H,17,21)(H,18,22)(H,23,24). The Hall–Kier alpha value is -2.69. The van der Waals surface area contributed by atoms with E-state index in [9.17, 15) is 24.0 Å². The van der Waals surface area contributed by atoms with Crippen molar-refractivity contribution >= 4 is 29.6 Å². The Morgan fingerprint density at radius 3 is 2.04 bits per heavy atom. The molecule has 24 heavy (non-hydrogen) atoms. The van der Waals surface area contributed by atoms with Gasteiger partial charge in [-0.25, -0.2) is 4.79 Å². The highest BCUT2D eigenvalue weighted by Gasteiger charge is 2.29. The Balaban J connectivity index is 4.89. The number of hydrogen-bond acceptors (Lipinski definition) is 6. The van der Waals surface area contributed by atoms with Crippen molar-refractivity contribution in [3.63, 3.8) is 0 Å². The molecule has 136 valence electrons. The second-order valence-corrected chi connectivity index (χ2v) is 5.34. The quantitative estimate of drug-likeness (QED) is 0.238. The van der Waals surface area contributed by atoms with Gasteiger partial charge in [-0.1, -0.05) is 13.8 Å². The van der Waals surface area contributed by atoms with E-state index < -0.39 is 60.6 Å². The molecule has 11 nitrogen and oxygen atoms in total. The minimum atomic E-state index is -1.36. The fraction of sp³-hybridized carbons (Fsp3) is 0.615. The SMILES string of the molecule is CC(C)C(NC(=O)C(CC(N)=O)NC(=O)CNC(=O)CN)C(=O)O. The van der Waals surface area contributed by atoms with Crippen LogP contribution < -0.4 is 27.4 Å². The zero-order valence-corrected chi connectivity index (χ0v) is 13.5. The third-order valence-electron chi connectivity index (χ3n) is 2.92. The van der Waals surface area contributed by atoms with Gasteiger partial charge in [0.15, 0.2) is 0 Å². The van der Waals surface area contributed by atoms with Gasteiger partial charge in [-0.15, -0.1) is 0 Å². The van der Waals surface area contributed by atoms with Gasteiger partial charge in [0.25, 0.3) is 0 Å². The largest absolute Gasteiger partial charge is 0.480 e. The highest BCUT2D eigenvalue weighted by atomic mass is 16.4. The molecule has 0 aliphatic heterocycles. The molecule has 0 aliphatic carbocycles. The fourth-order valence-corrected chi connectivity index (χ4v) is 1.67. The van der Waals surface area contributed by atoms with Crippen molar-refractivity contribution < 1.29 is 29.1 Å². The van der Waals surface area contributed by atoms with Crippen LogP contribution in [0.3, 0.4) is 0 Å². The molecule has 0 aliphatic rings. The Morgan fingerprint density at radius 2 is 1.62 bits per heavy atom. The third kappa shape index (κ3) is 8.08. The van der Waals surface area contributed by atoms with E-state index in [1.165, 1.54) is 0 Å². The molecule has 0 rings (SSSR count). The first-order valence-electron chi connectivity index (χ1n) is 7.16. The smallest absolute Gasteiger partial charge is 0.326 e. The summed E-state index contributed by atoms with van der Waals surface area (Å²) in [6.07, 6.45) is -0.521. The van der Waals surface area contributed by atoms with Crippen molar-refractivity contribution in [1.82, 2.24) is 16.0 Å². The summed E-state index contributed by atoms with van der Waals surface area (Å²) in [7, 11) is 0. The Morgan fingerprint density at radius 1 is 1.04 bits per heavy atom. The number of amides is 4. The summed E-state index contributed by atoms with van der Waals surface area (Å²) in [6, 6.07) is -2.55. The van der Waals surface area contributed by atoms with E-state index in [2.05, 4.69) is 16.0 Å². The third-order valence-corrected chi connectivity index (χ3v) is 2.92. The summed E-state index contributed by atoms with van der Waals surface area (Å²) in [6.45, 7) is 2.41. The lowest BCUT2D eigenvalue weighted by Crippen LogP contribution is -2.55. The molecule has 0 heterocycles. The maximum Gasteiger partial charge on any atom is 0.326 e. The number of nitrogens with one attached hydrogen (secondary N) is 3. The Kier molecular flexibility index (Phi) is 9.02. The second kappa shape index (κ2) is 10.2. The maximum absolute atomic E-state index is 12.1. The van der Waals surface area contributed by atoms with Crippen molar-refractivity contribution in [3.05, 3.63) is 0 Å². The highest BCUT2D eigenvalue weighted by Crippen LogP contribution is 2.03. The van der Waals surface area contributed by atoms with E-state index in [-0.39, 0.29) is 6.54 Å². The molecule has 4 amide bonds. The van der Waals surface area contributed by atoms with Gasteiger partial charge >= 0.3 is 5.97 Å². The van der Waals surface area contributed by atoms with Crippen LogP contribution in [0.2, 0.25) is 0 Å². The number of rotatable bonds is 10. The second-order valence-electron chi connectivity index (χ2n) is 5.34. The molecular formula is C13H23N5O6. The van der Waals surface area contributed by atoms with E-state index in [0.717, 1.165) is 0 Å². The van der Waals surface area contributed by atoms with Crippen molar-refractivity contribution in [2.75, 3.05) is 13.1 Å². The average molecular weight is 345 g/mol. The first-order chi connectivity index (χ1) is 11.1. The summed E-state index contributed by atoms with van der Waals surface area (Å²) in [4.78, 5) is 56.9. The summed E-state index contributed by atoms with van der Waals surface area (Å²) < 4.78 is 0. The highest BCUT2D eigenvalue weighted by molar-refractivity contribution is 5.94. The van der Waals surface area contributed by atoms with Crippen LogP contribution in [0.5, 0.6) is 0 Å². The van der Waals surface area contributed by atoms with Gasteiger partial charge in [0.05, 0.1) is 19.5 Å². The number of carboxylic acid groups (broad SMARTS) is 1. The normalized spacial score (nSPS) is 12.8. The summed E-state index contributed by atoms with van der Waals surface area (Å²) in [5.41, 5.74) is 10.1. The first-order valence-corrected chi connectivity index (χ1v) is 7.16. The van der Waals surface area contributed by atoms with Crippen LogP contribution in [0.4, 0.5) is 0 Å². The Labute approximate surface area is 138 Å². The molecule has 2 unspecified atom stereocenters. The summed E-state index contributed by atoms with van der Waals surface area (Å²) in [5.74, 6) is -4.73. The van der Waals surface area contributed by atoms with Crippen molar-refractivity contribution in [1.29, 1.82) is 0 Å². The van der Waals surface area contributed by atoms with Crippen molar-refractivity contribution in [2.24, 2.45) is 17.4 Å². The zero-order chi connectivity index (χ0) is 18.9. The molecule has 0 aromatic carbocycles. The van der Waals surface area contributed by atoms with Crippen molar-refractivity contribution in [2.45, 2.75) is 32.4 Å². The van der Waals surface area contributed by atoms with Gasteiger partial charge < -0.3 is 32.5 Å². The van der Waals surface area contributed by atoms with Gasteiger partial charge in [0.2, 0.25) is 23.6 Å². The van der Waals surface area contributed by atoms with Crippen LogP contribution in [0.15, 0.2) is 0 Å². The van der Waals surface area contributed by atoms with Gasteiger partial charge in [0.1, 0.15) is 12.1 Å². The van der Waals surface area contributed by atoms with E-state index in [1.807, 2.05) is 0 Å². The number of carbonyl (C=O) groups excluding carboxylic acids is 4. The topological polar surface area (TPSA) is 194 Å². The average Bonchev–Trinajstić information content (AvgIpc) is 2.47. The molecule has 0 saturated heterocycles. The Bertz CT molecular complexity index is 507. The lowest BCUT2D eigenvalue weighted by atomic mass is 10.0. The lowest BCUT2D eigenvalue weighted by molar-refractivity contribution is -0.143. The molecular weight excluding hydrogens is 322 g/mol. The molecule has 8 N–H and O–H groups in total. The number of carbonyl (C=O) groups is 5. The predicted molar refractivity (Wildman–Crippen MR) is 82.2 cm³/mol. The number of nitrogens with two attached hydrogens (primary N) is 2. The summed E-state index contributed by atoms with van der Waals surface area (Å²) in [5, 5.41) is 15.7. The molecule has 11 heteroatoms. The van der Waals surface area contributed by atoms with E-state index >= 15 is 0 Å². The van der Waals surface area contributed by atoms with Gasteiger partial charge in [-0.3, -0.25) is 19.2 Å². The van der Waals surface area contributed by atoms with Crippen molar-refractivity contribution in [3.8, 4) is 0 Å². The lowest BCUT2D eigenvalue weighted by Gasteiger charge is -2.22. The zero-order valence-electron chi connectivity index (χ0n) is 13.5. The van der Waals surface area contributed by atoms with Crippen LogP contribution in [0.25, 0.3) is 0 Å². The van der Waals surface area contributed by atoms with Crippen LogP contribution in [0.1, 0.15) is 20.3 Å². The number of carboxylic acids is 1. The molecule has 0 aromatic rings. The minimum Gasteiger partial charge on any atom is -0.480 e. The van der Waals surface area contributed by atoms with Crippen LogP contribution in [0, 0.1) is 5.92 Å². The molecule has 0 radical (unpaired) electrons. The minimum absolute atomic E-state index is 0.312. The first kappa shape index (κ1) is 21.3. The monoisotopic (exact) mass is 345 g/mol. The van der Waals surface area contributed by atoms with E-state index in [1.54, 1.807) is 13.8 Å². The van der Waals surface area contributed by atoms with E-state index in [0.29, 0.717) is 0 Å². The molecule has 0 bridgehead atoms. The van der Waals surface area contributed by atoms with Gasteiger partial charge in [-0.2, -0.15) is 0 Å². The molecule has 0 saturated carbocycles. The van der Waals surface area contributed by atoms with Crippen LogP contribution >= 0.6 is 0 Å². The molecule has 0 spiro atoms. The molecule has 0 aromatic heterocycles. The van der Waals surface area contributed by atoms with Gasteiger partial charge in [0, 0.05) is 0 Å². The fourth-order valence-electron chi connectivity index (χ4n) is 1.67. The maximum atomic E-state index is 12.1. The summed E-state index contributed by atoms with van der Waals surface area (Å²) >= 11 is 0. The number of hydrogen-bond donors (Lipinski definition) is 6. The molecule has 2 atom stereocenters. The number of aliphatic carboxylic acids is 1. The molecule has 0 fully saturated rings. The van der Waals surface area contributed by atoms with Gasteiger partial charge in [-0.05, 0) is 5.92 Å². The predicted octanol–water partition coefficient (Wildman–Crippen LogP) is -3.35. The van der Waals surface area contributed by atoms with E-state index in [4.69, 9.17) is 16.6 Å².